The van der Waals surface area contributed by atoms with Crippen LogP contribution in [-0.4, -0.2) is 46.8 Å². The second kappa shape index (κ2) is 13.0. The van der Waals surface area contributed by atoms with E-state index in [1.807, 2.05) is 18.2 Å². The van der Waals surface area contributed by atoms with Gasteiger partial charge in [-0.05, 0) is 62.5 Å². The molecule has 1 N–H and O–H groups in total. The average molecular weight is 521 g/mol. The van der Waals surface area contributed by atoms with E-state index in [2.05, 4.69) is 39.5 Å². The topological polar surface area (TPSA) is 84.3 Å². The SMILES string of the molecule is CNC(=O)CCC(C=O)n1c(C)nc2cccc(SCc3ccc(CN4CCCCCC4)cc3)c2c1=O. The summed E-state index contributed by atoms with van der Waals surface area (Å²) < 4.78 is 1.43. The zero-order valence-electron chi connectivity index (χ0n) is 21.7. The largest absolute Gasteiger partial charge is 0.359 e. The minimum absolute atomic E-state index is 0.161. The van der Waals surface area contributed by atoms with Crippen LogP contribution in [0.15, 0.2) is 52.2 Å². The van der Waals surface area contributed by atoms with E-state index >= 15 is 0 Å². The number of hydrogen-bond donors (Lipinski definition) is 1. The highest BCUT2D eigenvalue weighted by Gasteiger charge is 2.20. The molecule has 0 aliphatic carbocycles. The van der Waals surface area contributed by atoms with Crippen LogP contribution in [0.3, 0.4) is 0 Å². The summed E-state index contributed by atoms with van der Waals surface area (Å²) in [5, 5.41) is 3.08. The molecule has 1 saturated heterocycles. The molecule has 1 aliphatic rings. The van der Waals surface area contributed by atoms with Crippen LogP contribution in [0.25, 0.3) is 10.9 Å². The number of aryl methyl sites for hydroxylation is 1. The Labute approximate surface area is 222 Å². The van der Waals surface area contributed by atoms with E-state index in [0.29, 0.717) is 16.7 Å². The van der Waals surface area contributed by atoms with Gasteiger partial charge in [0.05, 0.1) is 16.9 Å². The number of amides is 1. The maximum atomic E-state index is 13.6. The molecular weight excluding hydrogens is 484 g/mol. The van der Waals surface area contributed by atoms with Gasteiger partial charge in [-0.3, -0.25) is 19.1 Å². The van der Waals surface area contributed by atoms with Gasteiger partial charge in [-0.25, -0.2) is 4.98 Å². The summed E-state index contributed by atoms with van der Waals surface area (Å²) in [5.41, 5.74) is 2.90. The first-order valence-electron chi connectivity index (χ1n) is 13.1. The molecule has 1 atom stereocenters. The van der Waals surface area contributed by atoms with E-state index in [4.69, 9.17) is 0 Å². The molecule has 37 heavy (non-hydrogen) atoms. The summed E-state index contributed by atoms with van der Waals surface area (Å²) >= 11 is 1.60. The van der Waals surface area contributed by atoms with Crippen molar-refractivity contribution in [2.75, 3.05) is 20.1 Å². The zero-order chi connectivity index (χ0) is 26.2. The molecule has 0 saturated carbocycles. The lowest BCUT2D eigenvalue weighted by molar-refractivity contribution is -0.121. The molecule has 2 aromatic carbocycles. The average Bonchev–Trinajstić information content (AvgIpc) is 3.18. The molecule has 0 spiro atoms. The number of carbonyl (C=O) groups is 2. The van der Waals surface area contributed by atoms with E-state index in [1.165, 1.54) is 54.5 Å². The highest BCUT2D eigenvalue weighted by Crippen LogP contribution is 2.29. The minimum atomic E-state index is -0.739. The van der Waals surface area contributed by atoms with Crippen molar-refractivity contribution in [3.8, 4) is 0 Å². The number of aldehydes is 1. The first-order valence-corrected chi connectivity index (χ1v) is 14.1. The van der Waals surface area contributed by atoms with Crippen LogP contribution >= 0.6 is 11.8 Å². The summed E-state index contributed by atoms with van der Waals surface area (Å²) in [6.45, 7) is 5.09. The molecule has 2 heterocycles. The molecule has 0 radical (unpaired) electrons. The Morgan fingerprint density at radius 2 is 1.78 bits per heavy atom. The second-order valence-corrected chi connectivity index (χ2v) is 10.7. The van der Waals surface area contributed by atoms with Crippen molar-refractivity contribution < 1.29 is 9.59 Å². The quantitative estimate of drug-likeness (QED) is 0.310. The number of nitrogens with zero attached hydrogens (tertiary/aromatic N) is 3. The molecule has 1 amide bonds. The van der Waals surface area contributed by atoms with Gasteiger partial charge in [0, 0.05) is 30.7 Å². The molecule has 1 aromatic heterocycles. The van der Waals surface area contributed by atoms with Gasteiger partial charge in [-0.15, -0.1) is 11.8 Å². The maximum absolute atomic E-state index is 13.6. The van der Waals surface area contributed by atoms with Crippen molar-refractivity contribution in [2.24, 2.45) is 0 Å². The number of benzene rings is 2. The Morgan fingerprint density at radius 1 is 1.08 bits per heavy atom. The van der Waals surface area contributed by atoms with Gasteiger partial charge in [0.15, 0.2) is 0 Å². The van der Waals surface area contributed by atoms with Crippen molar-refractivity contribution in [3.63, 3.8) is 0 Å². The van der Waals surface area contributed by atoms with Gasteiger partial charge >= 0.3 is 0 Å². The van der Waals surface area contributed by atoms with E-state index in [9.17, 15) is 14.4 Å². The summed E-state index contributed by atoms with van der Waals surface area (Å²) in [6, 6.07) is 13.7. The highest BCUT2D eigenvalue weighted by atomic mass is 32.2. The van der Waals surface area contributed by atoms with Crippen molar-refractivity contribution in [1.29, 1.82) is 0 Å². The predicted octanol–water partition coefficient (Wildman–Crippen LogP) is 4.64. The third-order valence-corrected chi connectivity index (χ3v) is 8.15. The van der Waals surface area contributed by atoms with E-state index in [0.717, 1.165) is 23.5 Å². The van der Waals surface area contributed by atoms with Gasteiger partial charge in [0.2, 0.25) is 5.91 Å². The standard InChI is InChI=1S/C29H36N4O3S/c1-21-31-25-8-7-9-26(28(25)29(36)33(21)24(19-34)14-15-27(35)30-2)37-20-23-12-10-22(11-13-23)18-32-16-5-3-4-6-17-32/h7-13,19,24H,3-6,14-18,20H2,1-2H3,(H,30,35). The first-order chi connectivity index (χ1) is 18.0. The molecule has 8 heteroatoms. The number of nitrogens with one attached hydrogen (secondary N) is 1. The van der Waals surface area contributed by atoms with Crippen LogP contribution in [0.4, 0.5) is 0 Å². The molecule has 1 aliphatic heterocycles. The third kappa shape index (κ3) is 6.87. The number of thioether (sulfide) groups is 1. The zero-order valence-corrected chi connectivity index (χ0v) is 22.6. The number of fused-ring (bicyclic) bond motifs is 1. The fourth-order valence-corrected chi connectivity index (χ4v) is 5.98. The van der Waals surface area contributed by atoms with Gasteiger partial charge in [0.1, 0.15) is 12.1 Å². The summed E-state index contributed by atoms with van der Waals surface area (Å²) in [7, 11) is 1.56. The lowest BCUT2D eigenvalue weighted by atomic mass is 10.1. The fraction of sp³-hybridized carbons (Fsp3) is 0.448. The molecule has 1 fully saturated rings. The van der Waals surface area contributed by atoms with Gasteiger partial charge in [-0.2, -0.15) is 0 Å². The van der Waals surface area contributed by atoms with Crippen LogP contribution in [0.2, 0.25) is 0 Å². The van der Waals surface area contributed by atoms with Crippen molar-refractivity contribution in [2.45, 2.75) is 68.7 Å². The Kier molecular flexibility index (Phi) is 9.52. The number of aromatic nitrogens is 2. The summed E-state index contributed by atoms with van der Waals surface area (Å²) in [5.74, 6) is 1.03. The first kappa shape index (κ1) is 27.1. The van der Waals surface area contributed by atoms with Crippen molar-refractivity contribution in [1.82, 2.24) is 19.8 Å². The second-order valence-electron chi connectivity index (χ2n) is 9.70. The molecule has 0 bridgehead atoms. The third-order valence-electron chi connectivity index (χ3n) is 7.02. The minimum Gasteiger partial charge on any atom is -0.359 e. The van der Waals surface area contributed by atoms with Gasteiger partial charge < -0.3 is 10.1 Å². The van der Waals surface area contributed by atoms with E-state index in [-0.39, 0.29) is 24.3 Å². The Balaban J connectivity index is 1.51. The Hall–Kier alpha value is -2.97. The van der Waals surface area contributed by atoms with Crippen LogP contribution in [0.1, 0.15) is 61.5 Å². The fourth-order valence-electron chi connectivity index (χ4n) is 4.95. The monoisotopic (exact) mass is 520 g/mol. The number of hydrogen-bond acceptors (Lipinski definition) is 6. The van der Waals surface area contributed by atoms with Crippen LogP contribution in [0, 0.1) is 6.92 Å². The Bertz CT molecular complexity index is 1280. The number of carbonyl (C=O) groups excluding carboxylic acids is 2. The number of rotatable bonds is 10. The van der Waals surface area contributed by atoms with Crippen LogP contribution in [0.5, 0.6) is 0 Å². The molecule has 7 nitrogen and oxygen atoms in total. The van der Waals surface area contributed by atoms with Crippen molar-refractivity contribution in [3.05, 3.63) is 69.8 Å². The van der Waals surface area contributed by atoms with Gasteiger partial charge in [0.25, 0.3) is 5.56 Å². The molecule has 4 rings (SSSR count). The predicted molar refractivity (Wildman–Crippen MR) is 149 cm³/mol. The lowest BCUT2D eigenvalue weighted by Gasteiger charge is -2.19. The van der Waals surface area contributed by atoms with E-state index in [1.54, 1.807) is 25.7 Å². The van der Waals surface area contributed by atoms with Crippen LogP contribution in [-0.2, 0) is 21.9 Å². The van der Waals surface area contributed by atoms with Gasteiger partial charge in [-0.1, -0.05) is 43.2 Å². The molecule has 196 valence electrons. The van der Waals surface area contributed by atoms with E-state index < -0.39 is 6.04 Å². The smallest absolute Gasteiger partial charge is 0.263 e. The van der Waals surface area contributed by atoms with Crippen LogP contribution < -0.4 is 10.9 Å². The van der Waals surface area contributed by atoms with Crippen molar-refractivity contribution >= 4 is 34.9 Å². The maximum Gasteiger partial charge on any atom is 0.263 e. The molecular formula is C29H36N4O3S. The molecule has 1 unspecified atom stereocenters. The highest BCUT2D eigenvalue weighted by molar-refractivity contribution is 7.98. The summed E-state index contributed by atoms with van der Waals surface area (Å²) in [6.07, 6.45) is 6.40. The summed E-state index contributed by atoms with van der Waals surface area (Å²) in [4.78, 5) is 45.2. The normalized spacial score (nSPS) is 15.3. The lowest BCUT2D eigenvalue weighted by Crippen LogP contribution is -2.30. The molecule has 3 aromatic rings. The Morgan fingerprint density at radius 3 is 2.46 bits per heavy atom. The number of likely N-dealkylation sites (tertiary alicyclic amines) is 1.